The van der Waals surface area contributed by atoms with Crippen molar-refractivity contribution in [3.05, 3.63) is 65.7 Å². The van der Waals surface area contributed by atoms with Crippen LogP contribution in [-0.2, 0) is 14.3 Å². The van der Waals surface area contributed by atoms with E-state index >= 15 is 0 Å². The summed E-state index contributed by atoms with van der Waals surface area (Å²) in [5.74, 6) is -0.779. The molecule has 7 heteroatoms. The Morgan fingerprint density at radius 3 is 2.53 bits per heavy atom. The van der Waals surface area contributed by atoms with Crippen molar-refractivity contribution in [2.75, 3.05) is 19.7 Å². The van der Waals surface area contributed by atoms with Crippen LogP contribution in [0.1, 0.15) is 49.6 Å². The number of rotatable bonds is 3. The number of carbonyl (C=O) groups excluding carboxylic acids is 2. The topological polar surface area (TPSA) is 71.4 Å². The summed E-state index contributed by atoms with van der Waals surface area (Å²) in [4.78, 5) is 34.9. The lowest BCUT2D eigenvalue weighted by Gasteiger charge is -2.50. The van der Waals surface area contributed by atoms with Gasteiger partial charge in [-0.05, 0) is 32.3 Å². The summed E-state index contributed by atoms with van der Waals surface area (Å²) in [5, 5.41) is 0. The maximum absolute atomic E-state index is 13.3. The molecule has 32 heavy (non-hydrogen) atoms. The minimum absolute atomic E-state index is 0.207. The maximum atomic E-state index is 13.3. The molecule has 7 nitrogen and oxygen atoms in total. The Hall–Kier alpha value is -3.35. The van der Waals surface area contributed by atoms with Crippen LogP contribution >= 0.6 is 0 Å². The second-order valence-electron chi connectivity index (χ2n) is 8.30. The molecule has 2 aromatic rings. The van der Waals surface area contributed by atoms with Gasteiger partial charge in [-0.1, -0.05) is 48.5 Å². The Kier molecular flexibility index (Phi) is 5.55. The lowest BCUT2D eigenvalue weighted by atomic mass is 9.86. The van der Waals surface area contributed by atoms with E-state index in [2.05, 4.69) is 9.89 Å². The number of ether oxygens (including phenoxy) is 2. The number of guanidine groups is 1. The molecule has 2 aromatic carbocycles. The first kappa shape index (κ1) is 20.5. The van der Waals surface area contributed by atoms with Crippen LogP contribution in [-0.4, -0.2) is 47.3 Å². The van der Waals surface area contributed by atoms with E-state index in [1.165, 1.54) is 0 Å². The third-order valence-corrected chi connectivity index (χ3v) is 6.32. The molecule has 0 spiro atoms. The van der Waals surface area contributed by atoms with Crippen molar-refractivity contribution in [1.82, 2.24) is 9.80 Å². The molecule has 1 fully saturated rings. The molecule has 0 radical (unpaired) electrons. The van der Waals surface area contributed by atoms with Crippen LogP contribution in [0.15, 0.2) is 59.6 Å². The van der Waals surface area contributed by atoms with Crippen LogP contribution in [0.3, 0.4) is 0 Å². The number of likely N-dealkylation sites (tertiary alicyclic amines) is 1. The zero-order valence-electron chi connectivity index (χ0n) is 18.1. The van der Waals surface area contributed by atoms with E-state index in [0.717, 1.165) is 43.5 Å². The van der Waals surface area contributed by atoms with Gasteiger partial charge in [-0.15, -0.1) is 0 Å². The minimum Gasteiger partial charge on any atom is -0.466 e. The van der Waals surface area contributed by atoms with Gasteiger partial charge in [0.25, 0.3) is 5.91 Å². The quantitative estimate of drug-likeness (QED) is 0.543. The summed E-state index contributed by atoms with van der Waals surface area (Å²) in [7, 11) is 0. The van der Waals surface area contributed by atoms with Gasteiger partial charge < -0.3 is 14.4 Å². The average molecular weight is 434 g/mol. The van der Waals surface area contributed by atoms with E-state index in [9.17, 15) is 9.59 Å². The molecule has 0 aromatic heterocycles. The molecule has 1 saturated heterocycles. The zero-order valence-corrected chi connectivity index (χ0v) is 18.1. The Labute approximate surface area is 187 Å². The van der Waals surface area contributed by atoms with Gasteiger partial charge in [0.2, 0.25) is 12.2 Å². The van der Waals surface area contributed by atoms with Crippen LogP contribution < -0.4 is 4.74 Å². The lowest BCUT2D eigenvalue weighted by molar-refractivity contribution is -0.157. The van der Waals surface area contributed by atoms with Crippen LogP contribution in [0.5, 0.6) is 5.75 Å². The first-order valence-corrected chi connectivity index (χ1v) is 11.3. The molecule has 166 valence electrons. The first-order valence-electron chi connectivity index (χ1n) is 11.3. The van der Waals surface area contributed by atoms with Gasteiger partial charge in [-0.3, -0.25) is 14.5 Å². The molecule has 3 atom stereocenters. The van der Waals surface area contributed by atoms with Gasteiger partial charge in [0.15, 0.2) is 5.92 Å². The van der Waals surface area contributed by atoms with E-state index in [1.807, 2.05) is 59.5 Å². The van der Waals surface area contributed by atoms with E-state index < -0.39 is 30.1 Å². The highest BCUT2D eigenvalue weighted by atomic mass is 16.5. The van der Waals surface area contributed by atoms with Gasteiger partial charge in [0.1, 0.15) is 5.75 Å². The van der Waals surface area contributed by atoms with E-state index in [0.29, 0.717) is 11.7 Å². The van der Waals surface area contributed by atoms with Gasteiger partial charge in [-0.2, -0.15) is 4.99 Å². The number of amides is 1. The predicted molar refractivity (Wildman–Crippen MR) is 119 cm³/mol. The average Bonchev–Trinajstić information content (AvgIpc) is 2.84. The van der Waals surface area contributed by atoms with Gasteiger partial charge >= 0.3 is 5.97 Å². The van der Waals surface area contributed by atoms with Gasteiger partial charge in [0, 0.05) is 24.2 Å². The molecule has 3 heterocycles. The molecule has 5 rings (SSSR count). The van der Waals surface area contributed by atoms with Crippen molar-refractivity contribution < 1.29 is 19.1 Å². The Bertz CT molecular complexity index is 1030. The SMILES string of the molecule is CCOC(=O)C1C(=O)N=C(N2CCCCC2)N2C(c3ccccc3)Oc3ccccc3C12. The molecule has 0 bridgehead atoms. The lowest BCUT2D eigenvalue weighted by Crippen LogP contribution is -2.58. The highest BCUT2D eigenvalue weighted by molar-refractivity contribution is 6.07. The highest BCUT2D eigenvalue weighted by Crippen LogP contribution is 2.48. The molecule has 0 saturated carbocycles. The predicted octanol–water partition coefficient (Wildman–Crippen LogP) is 3.68. The first-order chi connectivity index (χ1) is 15.7. The molecular formula is C25H27N3O4. The minimum atomic E-state index is -1.04. The number of esters is 1. The van der Waals surface area contributed by atoms with Gasteiger partial charge in [-0.25, -0.2) is 0 Å². The number of benzene rings is 2. The third kappa shape index (κ3) is 3.51. The van der Waals surface area contributed by atoms with E-state index in [4.69, 9.17) is 9.47 Å². The summed E-state index contributed by atoms with van der Waals surface area (Å²) >= 11 is 0. The largest absolute Gasteiger partial charge is 0.466 e. The van der Waals surface area contributed by atoms with E-state index in [-0.39, 0.29) is 6.61 Å². The fourth-order valence-electron chi connectivity index (χ4n) is 4.87. The van der Waals surface area contributed by atoms with Crippen molar-refractivity contribution in [2.45, 2.75) is 38.5 Å². The van der Waals surface area contributed by atoms with Crippen LogP contribution in [0.25, 0.3) is 0 Å². The summed E-state index contributed by atoms with van der Waals surface area (Å²) in [6, 6.07) is 17.0. The second-order valence-corrected chi connectivity index (χ2v) is 8.30. The monoisotopic (exact) mass is 433 g/mol. The number of hydrogen-bond donors (Lipinski definition) is 0. The van der Waals surface area contributed by atoms with Crippen LogP contribution in [0, 0.1) is 5.92 Å². The summed E-state index contributed by atoms with van der Waals surface area (Å²) in [5.41, 5.74) is 1.74. The number of carbonyl (C=O) groups is 2. The van der Waals surface area contributed by atoms with Crippen molar-refractivity contribution in [2.24, 2.45) is 10.9 Å². The van der Waals surface area contributed by atoms with Crippen molar-refractivity contribution >= 4 is 17.8 Å². The molecule has 3 aliphatic rings. The number of piperidine rings is 1. The Balaban J connectivity index is 1.69. The normalized spacial score (nSPS) is 24.7. The molecule has 3 unspecified atom stereocenters. The molecule has 0 N–H and O–H groups in total. The summed E-state index contributed by atoms with van der Waals surface area (Å²) in [6.07, 6.45) is 2.73. The number of para-hydroxylation sites is 1. The summed E-state index contributed by atoms with van der Waals surface area (Å²) < 4.78 is 11.8. The van der Waals surface area contributed by atoms with Crippen LogP contribution in [0.2, 0.25) is 0 Å². The smallest absolute Gasteiger partial charge is 0.321 e. The van der Waals surface area contributed by atoms with E-state index in [1.54, 1.807) is 6.92 Å². The molecular weight excluding hydrogens is 406 g/mol. The fourth-order valence-corrected chi connectivity index (χ4v) is 4.87. The van der Waals surface area contributed by atoms with Crippen molar-refractivity contribution in [3.8, 4) is 5.75 Å². The fraction of sp³-hybridized carbons (Fsp3) is 0.400. The third-order valence-electron chi connectivity index (χ3n) is 6.32. The van der Waals surface area contributed by atoms with Crippen molar-refractivity contribution in [1.29, 1.82) is 0 Å². The van der Waals surface area contributed by atoms with Crippen LogP contribution in [0.4, 0.5) is 0 Å². The maximum Gasteiger partial charge on any atom is 0.321 e. The highest BCUT2D eigenvalue weighted by Gasteiger charge is 2.52. The molecule has 0 aliphatic carbocycles. The van der Waals surface area contributed by atoms with Crippen molar-refractivity contribution in [3.63, 3.8) is 0 Å². The molecule has 1 amide bonds. The summed E-state index contributed by atoms with van der Waals surface area (Å²) in [6.45, 7) is 3.60. The Morgan fingerprint density at radius 2 is 1.78 bits per heavy atom. The second kappa shape index (κ2) is 8.65. The number of fused-ring (bicyclic) bond motifs is 3. The number of hydrogen-bond acceptors (Lipinski definition) is 6. The zero-order chi connectivity index (χ0) is 22.1. The number of nitrogens with zero attached hydrogens (tertiary/aromatic N) is 3. The number of aliphatic imine (C=N–C) groups is 1. The van der Waals surface area contributed by atoms with Gasteiger partial charge in [0.05, 0.1) is 12.6 Å². The Morgan fingerprint density at radius 1 is 1.06 bits per heavy atom. The molecule has 3 aliphatic heterocycles. The standard InChI is InChI=1S/C25H27N3O4/c1-2-31-24(30)20-21-18-13-7-8-14-19(18)32-23(17-11-5-3-6-12-17)28(21)25(26-22(20)29)27-15-9-4-10-16-27/h3,5-8,11-14,20-21,23H,2,4,9-10,15-16H2,1H3.